The summed E-state index contributed by atoms with van der Waals surface area (Å²) >= 11 is 1.45. The van der Waals surface area contributed by atoms with Gasteiger partial charge in [-0.25, -0.2) is 0 Å². The first kappa shape index (κ1) is 14.4. The Morgan fingerprint density at radius 2 is 1.86 bits per heavy atom. The van der Waals surface area contributed by atoms with E-state index in [0.29, 0.717) is 13.1 Å². The summed E-state index contributed by atoms with van der Waals surface area (Å²) < 4.78 is 5.27. The van der Waals surface area contributed by atoms with E-state index in [-0.39, 0.29) is 23.0 Å². The molecule has 0 aliphatic carbocycles. The standard InChI is InChI=1S/C8H21NO3SSi/c1-13-12-14-8-2-3-9(4-6-10)5-7-11/h10-11H,2-8,14H2,1H3. The lowest BCUT2D eigenvalue weighted by Crippen LogP contribution is -2.30. The summed E-state index contributed by atoms with van der Waals surface area (Å²) in [5, 5.41) is 17.5. The van der Waals surface area contributed by atoms with Crippen LogP contribution in [0.5, 0.6) is 0 Å². The molecule has 0 atom stereocenters. The average molecular weight is 239 g/mol. The van der Waals surface area contributed by atoms with Crippen LogP contribution in [-0.2, 0) is 3.87 Å². The molecule has 0 aromatic heterocycles. The lowest BCUT2D eigenvalue weighted by molar-refractivity contribution is 0.161. The van der Waals surface area contributed by atoms with E-state index in [4.69, 9.17) is 14.1 Å². The summed E-state index contributed by atoms with van der Waals surface area (Å²) in [6, 6.07) is 1.16. The van der Waals surface area contributed by atoms with Crippen molar-refractivity contribution < 1.29 is 14.1 Å². The Labute approximate surface area is 92.8 Å². The molecule has 2 N–H and O–H groups in total. The zero-order valence-electron chi connectivity index (χ0n) is 8.81. The molecule has 6 heteroatoms. The summed E-state index contributed by atoms with van der Waals surface area (Å²) in [5.41, 5.74) is 0. The molecule has 0 fully saturated rings. The number of nitrogens with zero attached hydrogens (tertiary/aromatic N) is 1. The zero-order valence-corrected chi connectivity index (χ0v) is 11.0. The smallest absolute Gasteiger partial charge is 0.180 e. The van der Waals surface area contributed by atoms with Crippen molar-refractivity contribution in [3.63, 3.8) is 0 Å². The lowest BCUT2D eigenvalue weighted by atomic mass is 10.4. The fourth-order valence-electron chi connectivity index (χ4n) is 1.20. The Balaban J connectivity index is 3.30. The van der Waals surface area contributed by atoms with Gasteiger partial charge >= 0.3 is 0 Å². The van der Waals surface area contributed by atoms with E-state index in [1.807, 2.05) is 6.26 Å². The van der Waals surface area contributed by atoms with Gasteiger partial charge in [-0.1, -0.05) is 0 Å². The van der Waals surface area contributed by atoms with E-state index in [2.05, 4.69) is 4.90 Å². The first-order chi connectivity index (χ1) is 6.85. The molecule has 14 heavy (non-hydrogen) atoms. The minimum Gasteiger partial charge on any atom is -0.395 e. The molecule has 0 aliphatic rings. The molecule has 0 saturated heterocycles. The molecule has 0 rings (SSSR count). The van der Waals surface area contributed by atoms with Crippen LogP contribution in [0.3, 0.4) is 0 Å². The third-order valence-corrected chi connectivity index (χ3v) is 4.30. The molecule has 0 unspecified atom stereocenters. The maximum atomic E-state index is 8.76. The number of rotatable bonds is 10. The van der Waals surface area contributed by atoms with E-state index in [1.165, 1.54) is 12.0 Å². The minimum atomic E-state index is -0.348. The van der Waals surface area contributed by atoms with Crippen LogP contribution < -0.4 is 0 Å². The van der Waals surface area contributed by atoms with E-state index in [9.17, 15) is 0 Å². The molecule has 0 bridgehead atoms. The van der Waals surface area contributed by atoms with Gasteiger partial charge in [0.05, 0.1) is 13.2 Å². The van der Waals surface area contributed by atoms with Gasteiger partial charge in [0.25, 0.3) is 0 Å². The van der Waals surface area contributed by atoms with Gasteiger partial charge in [0.15, 0.2) is 9.76 Å². The van der Waals surface area contributed by atoms with Crippen LogP contribution >= 0.6 is 12.0 Å². The van der Waals surface area contributed by atoms with Gasteiger partial charge in [0.2, 0.25) is 0 Å². The van der Waals surface area contributed by atoms with Crippen molar-refractivity contribution in [2.45, 2.75) is 12.5 Å². The van der Waals surface area contributed by atoms with Gasteiger partial charge in [-0.3, -0.25) is 4.90 Å². The van der Waals surface area contributed by atoms with Crippen molar-refractivity contribution >= 4 is 21.8 Å². The molecule has 0 spiro atoms. The summed E-state index contributed by atoms with van der Waals surface area (Å²) in [7, 11) is -0.348. The van der Waals surface area contributed by atoms with E-state index in [0.717, 1.165) is 19.0 Å². The Bertz CT molecular complexity index is 115. The SMILES string of the molecule is CSO[SiH2]CCCN(CCO)CCO. The number of hydrogen-bond donors (Lipinski definition) is 2. The highest BCUT2D eigenvalue weighted by molar-refractivity contribution is 7.94. The van der Waals surface area contributed by atoms with Crippen molar-refractivity contribution in [1.29, 1.82) is 0 Å². The van der Waals surface area contributed by atoms with E-state index >= 15 is 0 Å². The zero-order chi connectivity index (χ0) is 10.6. The highest BCUT2D eigenvalue weighted by Gasteiger charge is 2.02. The number of hydrogen-bond acceptors (Lipinski definition) is 5. The summed E-state index contributed by atoms with van der Waals surface area (Å²) in [5.74, 6) is 0. The van der Waals surface area contributed by atoms with Crippen LogP contribution in [0.1, 0.15) is 6.42 Å². The molecular formula is C8H21NO3SSi. The van der Waals surface area contributed by atoms with E-state index < -0.39 is 0 Å². The molecule has 0 amide bonds. The Morgan fingerprint density at radius 3 is 2.36 bits per heavy atom. The maximum Gasteiger partial charge on any atom is 0.180 e. The fourth-order valence-corrected chi connectivity index (χ4v) is 2.76. The third-order valence-electron chi connectivity index (χ3n) is 1.90. The third kappa shape index (κ3) is 8.98. The largest absolute Gasteiger partial charge is 0.395 e. The Hall–Kier alpha value is 0.407. The number of aliphatic hydroxyl groups excluding tert-OH is 2. The van der Waals surface area contributed by atoms with Crippen LogP contribution in [0.2, 0.25) is 6.04 Å². The van der Waals surface area contributed by atoms with Crippen LogP contribution in [0.4, 0.5) is 0 Å². The van der Waals surface area contributed by atoms with Crippen molar-refractivity contribution in [1.82, 2.24) is 4.90 Å². The summed E-state index contributed by atoms with van der Waals surface area (Å²) in [4.78, 5) is 2.08. The van der Waals surface area contributed by atoms with Crippen LogP contribution in [-0.4, -0.2) is 64.0 Å². The molecule has 0 aliphatic heterocycles. The first-order valence-corrected chi connectivity index (χ1v) is 7.67. The molecule has 0 saturated carbocycles. The number of aliphatic hydroxyl groups is 2. The average Bonchev–Trinajstić information content (AvgIpc) is 2.18. The highest BCUT2D eigenvalue weighted by atomic mass is 32.2. The molecule has 0 aromatic rings. The fraction of sp³-hybridized carbons (Fsp3) is 1.00. The van der Waals surface area contributed by atoms with Crippen molar-refractivity contribution in [3.05, 3.63) is 0 Å². The molecular weight excluding hydrogens is 218 g/mol. The van der Waals surface area contributed by atoms with Crippen LogP contribution in [0, 0.1) is 0 Å². The van der Waals surface area contributed by atoms with E-state index in [1.54, 1.807) is 0 Å². The molecule has 86 valence electrons. The maximum absolute atomic E-state index is 8.76. The van der Waals surface area contributed by atoms with Gasteiger partial charge in [-0.15, -0.1) is 0 Å². The topological polar surface area (TPSA) is 52.9 Å². The molecule has 0 heterocycles. The molecule has 0 radical (unpaired) electrons. The Kier molecular flexibility index (Phi) is 11.8. The summed E-state index contributed by atoms with van der Waals surface area (Å²) in [6.45, 7) is 2.60. The molecule has 0 aromatic carbocycles. The predicted molar refractivity (Wildman–Crippen MR) is 63.2 cm³/mol. The van der Waals surface area contributed by atoms with Gasteiger partial charge < -0.3 is 14.1 Å². The second kappa shape index (κ2) is 11.5. The van der Waals surface area contributed by atoms with Crippen molar-refractivity contribution in [2.24, 2.45) is 0 Å². The van der Waals surface area contributed by atoms with Gasteiger partial charge in [0, 0.05) is 19.3 Å². The predicted octanol–water partition coefficient (Wildman–Crippen LogP) is -0.540. The van der Waals surface area contributed by atoms with Crippen molar-refractivity contribution in [3.8, 4) is 0 Å². The van der Waals surface area contributed by atoms with Crippen LogP contribution in [0.25, 0.3) is 0 Å². The monoisotopic (exact) mass is 239 g/mol. The Morgan fingerprint density at radius 1 is 1.21 bits per heavy atom. The minimum absolute atomic E-state index is 0.165. The second-order valence-corrected chi connectivity index (χ2v) is 5.38. The van der Waals surface area contributed by atoms with Gasteiger partial charge in [-0.05, 0) is 31.1 Å². The highest BCUT2D eigenvalue weighted by Crippen LogP contribution is 1.99. The van der Waals surface area contributed by atoms with Crippen LogP contribution in [0.15, 0.2) is 0 Å². The quantitative estimate of drug-likeness (QED) is 0.305. The second-order valence-electron chi connectivity index (χ2n) is 2.98. The molecule has 4 nitrogen and oxygen atoms in total. The summed E-state index contributed by atoms with van der Waals surface area (Å²) in [6.07, 6.45) is 3.05. The first-order valence-electron chi connectivity index (χ1n) is 4.94. The normalized spacial score (nSPS) is 12.0. The van der Waals surface area contributed by atoms with Gasteiger partial charge in [0.1, 0.15) is 0 Å². The van der Waals surface area contributed by atoms with Crippen molar-refractivity contribution in [2.75, 3.05) is 39.1 Å². The lowest BCUT2D eigenvalue weighted by Gasteiger charge is -2.19. The van der Waals surface area contributed by atoms with Gasteiger partial charge in [-0.2, -0.15) is 0 Å².